The van der Waals surface area contributed by atoms with E-state index >= 15 is 0 Å². The quantitative estimate of drug-likeness (QED) is 0.613. The Bertz CT molecular complexity index is 777. The van der Waals surface area contributed by atoms with Gasteiger partial charge in [0.15, 0.2) is 6.61 Å². The Hall–Kier alpha value is -2.99. The van der Waals surface area contributed by atoms with Gasteiger partial charge in [-0.15, -0.1) is 0 Å². The van der Waals surface area contributed by atoms with Gasteiger partial charge in [0.25, 0.3) is 11.8 Å². The van der Waals surface area contributed by atoms with E-state index in [9.17, 15) is 9.59 Å². The summed E-state index contributed by atoms with van der Waals surface area (Å²) in [6.07, 6.45) is 2.87. The third kappa shape index (κ3) is 5.86. The maximum Gasteiger partial charge on any atom is 0.276 e. The van der Waals surface area contributed by atoms with Crippen molar-refractivity contribution < 1.29 is 19.1 Å². The van der Waals surface area contributed by atoms with Crippen LogP contribution in [0.1, 0.15) is 5.56 Å². The Kier molecular flexibility index (Phi) is 6.86. The second-order valence-corrected chi connectivity index (χ2v) is 5.24. The predicted octanol–water partition coefficient (Wildman–Crippen LogP) is 2.59. The topological polar surface area (TPSA) is 76.7 Å². The van der Waals surface area contributed by atoms with Crippen molar-refractivity contribution in [2.45, 2.75) is 0 Å². The Labute approximate surface area is 150 Å². The van der Waals surface area contributed by atoms with E-state index in [0.717, 1.165) is 5.56 Å². The number of hydrogen-bond acceptors (Lipinski definition) is 4. The first-order chi connectivity index (χ1) is 12.1. The van der Waals surface area contributed by atoms with E-state index in [1.165, 1.54) is 6.08 Å². The van der Waals surface area contributed by atoms with Crippen molar-refractivity contribution in [3.05, 3.63) is 65.2 Å². The molecule has 2 rings (SSSR count). The largest absolute Gasteiger partial charge is 0.496 e. The zero-order chi connectivity index (χ0) is 18.1. The minimum Gasteiger partial charge on any atom is -0.496 e. The lowest BCUT2D eigenvalue weighted by atomic mass is 10.2. The number of amides is 2. The van der Waals surface area contributed by atoms with Gasteiger partial charge in [-0.3, -0.25) is 20.4 Å². The summed E-state index contributed by atoms with van der Waals surface area (Å²) in [7, 11) is 1.55. The van der Waals surface area contributed by atoms with Crippen molar-refractivity contribution in [3.63, 3.8) is 0 Å². The molecular weight excluding hydrogens is 344 g/mol. The van der Waals surface area contributed by atoms with Crippen LogP contribution >= 0.6 is 11.6 Å². The number of hydrazine groups is 1. The molecule has 0 heterocycles. The van der Waals surface area contributed by atoms with Crippen LogP contribution in [0, 0.1) is 0 Å². The smallest absolute Gasteiger partial charge is 0.276 e. The lowest BCUT2D eigenvalue weighted by Gasteiger charge is -2.08. The Morgan fingerprint density at radius 3 is 2.44 bits per heavy atom. The van der Waals surface area contributed by atoms with Crippen molar-refractivity contribution in [1.29, 1.82) is 0 Å². The van der Waals surface area contributed by atoms with Crippen LogP contribution in [0.2, 0.25) is 5.02 Å². The Morgan fingerprint density at radius 1 is 1.04 bits per heavy atom. The fourth-order valence-corrected chi connectivity index (χ4v) is 2.07. The standard InChI is InChI=1S/C18H17ClN2O4/c1-24-15-8-4-2-6-13(15)10-11-17(22)20-21-18(23)12-25-16-9-5-3-7-14(16)19/h2-11H,12H2,1H3,(H,20,22)(H,21,23)/b11-10+. The van der Waals surface area contributed by atoms with E-state index in [1.807, 2.05) is 12.1 Å². The molecule has 0 aliphatic heterocycles. The van der Waals surface area contributed by atoms with E-state index in [1.54, 1.807) is 49.6 Å². The van der Waals surface area contributed by atoms with Crippen LogP contribution in [-0.2, 0) is 9.59 Å². The molecule has 2 aromatic rings. The van der Waals surface area contributed by atoms with Gasteiger partial charge in [-0.25, -0.2) is 0 Å². The minimum atomic E-state index is -0.515. The van der Waals surface area contributed by atoms with Crippen molar-refractivity contribution >= 4 is 29.5 Å². The zero-order valence-electron chi connectivity index (χ0n) is 13.5. The molecule has 0 spiro atoms. The van der Waals surface area contributed by atoms with Crippen molar-refractivity contribution in [1.82, 2.24) is 10.9 Å². The molecule has 0 aromatic heterocycles. The molecular formula is C18H17ClN2O4. The molecule has 0 radical (unpaired) electrons. The number of benzene rings is 2. The Morgan fingerprint density at radius 2 is 1.72 bits per heavy atom. The first-order valence-corrected chi connectivity index (χ1v) is 7.75. The van der Waals surface area contributed by atoms with Crippen LogP contribution in [0.3, 0.4) is 0 Å². The summed E-state index contributed by atoms with van der Waals surface area (Å²) in [4.78, 5) is 23.4. The third-order valence-electron chi connectivity index (χ3n) is 3.07. The van der Waals surface area contributed by atoms with Gasteiger partial charge < -0.3 is 9.47 Å². The molecule has 6 nitrogen and oxygen atoms in total. The molecule has 0 saturated heterocycles. The molecule has 2 amide bonds. The number of methoxy groups -OCH3 is 1. The molecule has 130 valence electrons. The van der Waals surface area contributed by atoms with Crippen LogP contribution < -0.4 is 20.3 Å². The number of carbonyl (C=O) groups excluding carboxylic acids is 2. The van der Waals surface area contributed by atoms with Gasteiger partial charge in [0.05, 0.1) is 12.1 Å². The summed E-state index contributed by atoms with van der Waals surface area (Å²) in [5.41, 5.74) is 5.25. The first kappa shape index (κ1) is 18.4. The number of hydrogen-bond donors (Lipinski definition) is 2. The number of para-hydroxylation sites is 2. The lowest BCUT2D eigenvalue weighted by molar-refractivity contribution is -0.128. The van der Waals surface area contributed by atoms with Gasteiger partial charge in [-0.1, -0.05) is 41.9 Å². The highest BCUT2D eigenvalue weighted by Crippen LogP contribution is 2.22. The molecule has 2 N–H and O–H groups in total. The fourth-order valence-electron chi connectivity index (χ4n) is 1.88. The van der Waals surface area contributed by atoms with E-state index in [0.29, 0.717) is 16.5 Å². The number of rotatable bonds is 6. The molecule has 0 aliphatic carbocycles. The summed E-state index contributed by atoms with van der Waals surface area (Å²) >= 11 is 5.91. The van der Waals surface area contributed by atoms with Gasteiger partial charge in [0.2, 0.25) is 0 Å². The van der Waals surface area contributed by atoms with Crippen molar-refractivity contribution in [2.75, 3.05) is 13.7 Å². The van der Waals surface area contributed by atoms with Gasteiger partial charge in [-0.2, -0.15) is 0 Å². The maximum atomic E-state index is 11.7. The molecule has 0 bridgehead atoms. The summed E-state index contributed by atoms with van der Waals surface area (Å²) in [6.45, 7) is -0.278. The van der Waals surface area contributed by atoms with Crippen LogP contribution in [0.4, 0.5) is 0 Å². The third-order valence-corrected chi connectivity index (χ3v) is 3.39. The monoisotopic (exact) mass is 360 g/mol. The average molecular weight is 361 g/mol. The minimum absolute atomic E-state index is 0.278. The summed E-state index contributed by atoms with van der Waals surface area (Å²) in [5, 5.41) is 0.402. The van der Waals surface area contributed by atoms with Gasteiger partial charge in [-0.05, 0) is 24.3 Å². The lowest BCUT2D eigenvalue weighted by Crippen LogP contribution is -2.43. The molecule has 0 unspecified atom stereocenters. The number of ether oxygens (including phenoxy) is 2. The van der Waals surface area contributed by atoms with E-state index in [4.69, 9.17) is 21.1 Å². The highest BCUT2D eigenvalue weighted by molar-refractivity contribution is 6.32. The summed E-state index contributed by atoms with van der Waals surface area (Å²) in [6, 6.07) is 14.0. The summed E-state index contributed by atoms with van der Waals surface area (Å²) in [5.74, 6) is 0.0291. The summed E-state index contributed by atoms with van der Waals surface area (Å²) < 4.78 is 10.4. The Balaban J connectivity index is 1.78. The first-order valence-electron chi connectivity index (χ1n) is 7.37. The van der Waals surface area contributed by atoms with Crippen LogP contribution in [-0.4, -0.2) is 25.5 Å². The highest BCUT2D eigenvalue weighted by atomic mass is 35.5. The van der Waals surface area contributed by atoms with Crippen molar-refractivity contribution in [2.24, 2.45) is 0 Å². The van der Waals surface area contributed by atoms with Crippen LogP contribution in [0.5, 0.6) is 11.5 Å². The highest BCUT2D eigenvalue weighted by Gasteiger charge is 2.06. The molecule has 0 saturated carbocycles. The van der Waals surface area contributed by atoms with Gasteiger partial charge in [0.1, 0.15) is 11.5 Å². The average Bonchev–Trinajstić information content (AvgIpc) is 2.64. The number of nitrogens with one attached hydrogen (secondary N) is 2. The van der Waals surface area contributed by atoms with Gasteiger partial charge >= 0.3 is 0 Å². The van der Waals surface area contributed by atoms with Gasteiger partial charge in [0, 0.05) is 11.6 Å². The fraction of sp³-hybridized carbons (Fsp3) is 0.111. The van der Waals surface area contributed by atoms with Crippen LogP contribution in [0.15, 0.2) is 54.6 Å². The molecule has 2 aromatic carbocycles. The number of carbonyl (C=O) groups is 2. The normalized spacial score (nSPS) is 10.3. The molecule has 25 heavy (non-hydrogen) atoms. The number of halogens is 1. The van der Waals surface area contributed by atoms with Crippen molar-refractivity contribution in [3.8, 4) is 11.5 Å². The van der Waals surface area contributed by atoms with E-state index in [-0.39, 0.29) is 6.61 Å². The second kappa shape index (κ2) is 9.34. The molecule has 0 fully saturated rings. The van der Waals surface area contributed by atoms with E-state index in [2.05, 4.69) is 10.9 Å². The molecule has 0 atom stereocenters. The molecule has 0 aliphatic rings. The zero-order valence-corrected chi connectivity index (χ0v) is 14.2. The molecule has 7 heteroatoms. The van der Waals surface area contributed by atoms with E-state index < -0.39 is 11.8 Å². The SMILES string of the molecule is COc1ccccc1/C=C/C(=O)NNC(=O)COc1ccccc1Cl. The predicted molar refractivity (Wildman–Crippen MR) is 95.3 cm³/mol. The van der Waals surface area contributed by atoms with Crippen LogP contribution in [0.25, 0.3) is 6.08 Å². The second-order valence-electron chi connectivity index (χ2n) is 4.83. The maximum absolute atomic E-state index is 11.7.